The fourth-order valence-electron chi connectivity index (χ4n) is 2.24. The zero-order chi connectivity index (χ0) is 12.1. The van der Waals surface area contributed by atoms with Crippen molar-refractivity contribution in [2.45, 2.75) is 18.9 Å². The van der Waals surface area contributed by atoms with Gasteiger partial charge in [-0.3, -0.25) is 0 Å². The quantitative estimate of drug-likeness (QED) is 0.782. The molecule has 1 N–H and O–H groups in total. The summed E-state index contributed by atoms with van der Waals surface area (Å²) < 4.78 is 0. The van der Waals surface area contributed by atoms with E-state index in [0.717, 1.165) is 12.8 Å². The van der Waals surface area contributed by atoms with Crippen LogP contribution in [0, 0.1) is 12.3 Å². The smallest absolute Gasteiger partial charge is 0.0332 e. The van der Waals surface area contributed by atoms with Crippen LogP contribution in [0.4, 0.5) is 0 Å². The molecule has 2 rings (SSSR count). The van der Waals surface area contributed by atoms with E-state index in [1.165, 1.54) is 16.3 Å². The lowest BCUT2D eigenvalue weighted by Crippen LogP contribution is -2.16. The van der Waals surface area contributed by atoms with E-state index < -0.39 is 0 Å². The zero-order valence-electron chi connectivity index (χ0n) is 10.1. The summed E-state index contributed by atoms with van der Waals surface area (Å²) in [6, 6.07) is 15.2. The molecule has 1 atom stereocenters. The van der Waals surface area contributed by atoms with Gasteiger partial charge in [-0.25, -0.2) is 0 Å². The number of terminal acetylenes is 1. The Hall–Kier alpha value is -1.78. The van der Waals surface area contributed by atoms with Gasteiger partial charge in [0.1, 0.15) is 0 Å². The molecule has 86 valence electrons. The highest BCUT2D eigenvalue weighted by Gasteiger charge is 2.10. The standard InChI is InChI=1S/C16H17N/c1-3-4-12-16(17-2)15-11-7-9-13-8-5-6-10-14(13)15/h1,5-11,16-17H,4,12H2,2H3. The van der Waals surface area contributed by atoms with E-state index >= 15 is 0 Å². The Kier molecular flexibility index (Phi) is 3.80. The molecule has 1 heteroatoms. The highest BCUT2D eigenvalue weighted by atomic mass is 14.9. The van der Waals surface area contributed by atoms with Gasteiger partial charge in [0.25, 0.3) is 0 Å². The Balaban J connectivity index is 2.43. The van der Waals surface area contributed by atoms with Gasteiger partial charge in [-0.05, 0) is 29.8 Å². The molecule has 2 aromatic rings. The van der Waals surface area contributed by atoms with E-state index in [0.29, 0.717) is 6.04 Å². The van der Waals surface area contributed by atoms with Gasteiger partial charge in [0.2, 0.25) is 0 Å². The predicted molar refractivity (Wildman–Crippen MR) is 73.8 cm³/mol. The summed E-state index contributed by atoms with van der Waals surface area (Å²) in [6.07, 6.45) is 7.12. The molecule has 0 aliphatic heterocycles. The summed E-state index contributed by atoms with van der Waals surface area (Å²) in [5.41, 5.74) is 1.33. The topological polar surface area (TPSA) is 12.0 Å². The molecular weight excluding hydrogens is 206 g/mol. The first-order valence-electron chi connectivity index (χ1n) is 5.95. The van der Waals surface area contributed by atoms with Gasteiger partial charge in [-0.1, -0.05) is 42.5 Å². The number of hydrogen-bond acceptors (Lipinski definition) is 1. The number of fused-ring (bicyclic) bond motifs is 1. The highest BCUT2D eigenvalue weighted by molar-refractivity contribution is 5.86. The van der Waals surface area contributed by atoms with Crippen LogP contribution in [-0.4, -0.2) is 7.05 Å². The third-order valence-corrected chi connectivity index (χ3v) is 3.12. The monoisotopic (exact) mass is 223 g/mol. The number of rotatable bonds is 4. The normalized spacial score (nSPS) is 12.2. The number of benzene rings is 2. The van der Waals surface area contributed by atoms with E-state index in [-0.39, 0.29) is 0 Å². The van der Waals surface area contributed by atoms with Crippen LogP contribution in [0.3, 0.4) is 0 Å². The molecule has 0 aromatic heterocycles. The molecule has 0 saturated carbocycles. The molecule has 0 bridgehead atoms. The van der Waals surface area contributed by atoms with Gasteiger partial charge >= 0.3 is 0 Å². The minimum Gasteiger partial charge on any atom is -0.313 e. The van der Waals surface area contributed by atoms with Crippen LogP contribution < -0.4 is 5.32 Å². The molecule has 0 spiro atoms. The minimum absolute atomic E-state index is 0.331. The maximum Gasteiger partial charge on any atom is 0.0332 e. The maximum atomic E-state index is 5.34. The first kappa shape index (κ1) is 11.7. The predicted octanol–water partition coefficient (Wildman–Crippen LogP) is 3.51. The fourth-order valence-corrected chi connectivity index (χ4v) is 2.24. The average Bonchev–Trinajstić information content (AvgIpc) is 2.40. The van der Waals surface area contributed by atoms with E-state index in [4.69, 9.17) is 6.42 Å². The van der Waals surface area contributed by atoms with Crippen molar-refractivity contribution in [3.05, 3.63) is 48.0 Å². The fraction of sp³-hybridized carbons (Fsp3) is 0.250. The van der Waals surface area contributed by atoms with Crippen molar-refractivity contribution in [1.29, 1.82) is 0 Å². The Morgan fingerprint density at radius 3 is 2.71 bits per heavy atom. The Labute approximate surface area is 103 Å². The molecule has 0 heterocycles. The van der Waals surface area contributed by atoms with E-state index in [1.807, 2.05) is 7.05 Å². The first-order valence-corrected chi connectivity index (χ1v) is 5.95. The number of hydrogen-bond donors (Lipinski definition) is 1. The molecule has 17 heavy (non-hydrogen) atoms. The molecule has 0 saturated heterocycles. The van der Waals surface area contributed by atoms with E-state index in [9.17, 15) is 0 Å². The molecule has 0 aliphatic carbocycles. The Morgan fingerprint density at radius 2 is 1.94 bits per heavy atom. The summed E-state index contributed by atoms with van der Waals surface area (Å²) in [5, 5.41) is 5.94. The van der Waals surface area contributed by atoms with Crippen molar-refractivity contribution in [1.82, 2.24) is 5.32 Å². The third kappa shape index (κ3) is 2.49. The summed E-state index contributed by atoms with van der Waals surface area (Å²) in [4.78, 5) is 0. The molecule has 1 unspecified atom stereocenters. The second-order valence-corrected chi connectivity index (χ2v) is 4.15. The van der Waals surface area contributed by atoms with Crippen LogP contribution in [0.15, 0.2) is 42.5 Å². The molecule has 0 radical (unpaired) electrons. The average molecular weight is 223 g/mol. The molecule has 1 nitrogen and oxygen atoms in total. The van der Waals surface area contributed by atoms with Crippen molar-refractivity contribution in [2.75, 3.05) is 7.05 Å². The largest absolute Gasteiger partial charge is 0.313 e. The lowest BCUT2D eigenvalue weighted by molar-refractivity contribution is 0.562. The van der Waals surface area contributed by atoms with Gasteiger partial charge in [0.15, 0.2) is 0 Å². The van der Waals surface area contributed by atoms with Crippen molar-refractivity contribution in [3.8, 4) is 12.3 Å². The Bertz CT molecular complexity index is 531. The minimum atomic E-state index is 0.331. The van der Waals surface area contributed by atoms with Gasteiger partial charge in [-0.2, -0.15) is 0 Å². The van der Waals surface area contributed by atoms with Crippen LogP contribution >= 0.6 is 0 Å². The van der Waals surface area contributed by atoms with Crippen molar-refractivity contribution in [2.24, 2.45) is 0 Å². The zero-order valence-corrected chi connectivity index (χ0v) is 10.1. The Morgan fingerprint density at radius 1 is 1.18 bits per heavy atom. The molecule has 2 aromatic carbocycles. The van der Waals surface area contributed by atoms with Crippen LogP contribution in [0.5, 0.6) is 0 Å². The summed E-state index contributed by atoms with van der Waals surface area (Å²) in [5.74, 6) is 2.71. The highest BCUT2D eigenvalue weighted by Crippen LogP contribution is 2.26. The second kappa shape index (κ2) is 5.52. The maximum absolute atomic E-state index is 5.34. The first-order chi connectivity index (χ1) is 8.36. The molecule has 0 aliphatic rings. The van der Waals surface area contributed by atoms with E-state index in [2.05, 4.69) is 53.7 Å². The summed E-state index contributed by atoms with van der Waals surface area (Å²) in [6.45, 7) is 0. The third-order valence-electron chi connectivity index (χ3n) is 3.12. The van der Waals surface area contributed by atoms with E-state index in [1.54, 1.807) is 0 Å². The van der Waals surface area contributed by atoms with Gasteiger partial charge in [0, 0.05) is 12.5 Å². The molecule has 0 amide bonds. The SMILES string of the molecule is C#CCCC(NC)c1cccc2ccccc12. The van der Waals surface area contributed by atoms with Crippen LogP contribution in [0.25, 0.3) is 10.8 Å². The van der Waals surface area contributed by atoms with Crippen LogP contribution in [0.1, 0.15) is 24.4 Å². The summed E-state index contributed by atoms with van der Waals surface area (Å²) >= 11 is 0. The summed E-state index contributed by atoms with van der Waals surface area (Å²) in [7, 11) is 1.99. The lowest BCUT2D eigenvalue weighted by atomic mass is 9.96. The van der Waals surface area contributed by atoms with Gasteiger partial charge in [0.05, 0.1) is 0 Å². The van der Waals surface area contributed by atoms with Crippen LogP contribution in [-0.2, 0) is 0 Å². The van der Waals surface area contributed by atoms with Crippen molar-refractivity contribution in [3.63, 3.8) is 0 Å². The second-order valence-electron chi connectivity index (χ2n) is 4.15. The van der Waals surface area contributed by atoms with Crippen LogP contribution in [0.2, 0.25) is 0 Å². The lowest BCUT2D eigenvalue weighted by Gasteiger charge is -2.17. The van der Waals surface area contributed by atoms with Crippen molar-refractivity contribution >= 4 is 10.8 Å². The van der Waals surface area contributed by atoms with Crippen molar-refractivity contribution < 1.29 is 0 Å². The molecule has 0 fully saturated rings. The number of nitrogens with one attached hydrogen (secondary N) is 1. The molecular formula is C16H17N. The van der Waals surface area contributed by atoms with Gasteiger partial charge < -0.3 is 5.32 Å². The van der Waals surface area contributed by atoms with Gasteiger partial charge in [-0.15, -0.1) is 12.3 Å².